The maximum absolute atomic E-state index is 14.1. The van der Waals surface area contributed by atoms with Crippen LogP contribution < -0.4 is 25.3 Å². The number of carbonyl (C=O) groups is 1. The molecular weight excluding hydrogens is 601 g/mol. The number of rotatable bonds is 9. The predicted molar refractivity (Wildman–Crippen MR) is 172 cm³/mol. The summed E-state index contributed by atoms with van der Waals surface area (Å²) in [7, 11) is 1.61. The van der Waals surface area contributed by atoms with Gasteiger partial charge < -0.3 is 25.0 Å². The summed E-state index contributed by atoms with van der Waals surface area (Å²) in [5.41, 5.74) is 2.80. The molecule has 3 aliphatic rings. The molecule has 13 heteroatoms. The molecule has 1 unspecified atom stereocenters. The Hall–Kier alpha value is -3.97. The van der Waals surface area contributed by atoms with E-state index in [1.807, 2.05) is 12.1 Å². The van der Waals surface area contributed by atoms with Crippen LogP contribution >= 0.6 is 11.6 Å². The van der Waals surface area contributed by atoms with Crippen LogP contribution in [0.15, 0.2) is 55.4 Å². The van der Waals surface area contributed by atoms with E-state index in [0.717, 1.165) is 57.9 Å². The minimum atomic E-state index is -0.411. The fourth-order valence-electron chi connectivity index (χ4n) is 6.23. The number of nitrogens with one attached hydrogen (secondary N) is 2. The van der Waals surface area contributed by atoms with Crippen molar-refractivity contribution in [1.82, 2.24) is 14.9 Å². The number of amides is 1. The molecule has 3 saturated heterocycles. The number of methoxy groups -OCH3 is 1. The summed E-state index contributed by atoms with van der Waals surface area (Å²) in [6.07, 6.45) is 5.35. The third kappa shape index (κ3) is 7.14. The first-order chi connectivity index (χ1) is 21.9. The number of hydroxylamine groups is 1. The van der Waals surface area contributed by atoms with Gasteiger partial charge in [0.1, 0.15) is 23.7 Å². The number of piperidine rings is 1. The van der Waals surface area contributed by atoms with Crippen molar-refractivity contribution in [3.05, 3.63) is 71.8 Å². The average molecular weight is 638 g/mol. The molecule has 1 atom stereocenters. The molecule has 238 valence electrons. The lowest BCUT2D eigenvalue weighted by Gasteiger charge is -2.41. The zero-order valence-electron chi connectivity index (χ0n) is 25.2. The van der Waals surface area contributed by atoms with Gasteiger partial charge in [0.2, 0.25) is 5.91 Å². The average Bonchev–Trinajstić information content (AvgIpc) is 3.56. The summed E-state index contributed by atoms with van der Waals surface area (Å²) in [6.45, 7) is 9.26. The number of morpholine rings is 1. The Bertz CT molecular complexity index is 1510. The number of benzene rings is 2. The van der Waals surface area contributed by atoms with Gasteiger partial charge >= 0.3 is 0 Å². The first-order valence-corrected chi connectivity index (χ1v) is 15.5. The van der Waals surface area contributed by atoms with Crippen LogP contribution in [-0.2, 0) is 14.4 Å². The van der Waals surface area contributed by atoms with Crippen molar-refractivity contribution in [2.45, 2.75) is 31.3 Å². The minimum absolute atomic E-state index is 0.275. The lowest BCUT2D eigenvalue weighted by atomic mass is 10.0. The molecule has 3 fully saturated rings. The molecule has 0 aliphatic carbocycles. The number of carbonyl (C=O) groups excluding carboxylic acids is 1. The van der Waals surface area contributed by atoms with Crippen molar-refractivity contribution < 1.29 is 23.5 Å². The molecule has 4 heterocycles. The van der Waals surface area contributed by atoms with Crippen molar-refractivity contribution in [3.63, 3.8) is 0 Å². The molecule has 2 N–H and O–H groups in total. The summed E-state index contributed by atoms with van der Waals surface area (Å²) >= 11 is 6.13. The SMILES string of the molecule is C=CC(=O)Nc1cc(Nc2cc(N3OCCC3c3cc(F)cc(Cl)c3)ncn2)c(OC)cc1N1CCC(N2CCOCC2)CC1. The van der Waals surface area contributed by atoms with Gasteiger partial charge in [0.05, 0.1) is 50.0 Å². The molecule has 45 heavy (non-hydrogen) atoms. The van der Waals surface area contributed by atoms with Crippen molar-refractivity contribution >= 4 is 46.2 Å². The van der Waals surface area contributed by atoms with Gasteiger partial charge in [-0.3, -0.25) is 14.5 Å². The first-order valence-electron chi connectivity index (χ1n) is 15.1. The second-order valence-corrected chi connectivity index (χ2v) is 11.6. The first kappa shape index (κ1) is 31.0. The fourth-order valence-corrected chi connectivity index (χ4v) is 6.47. The zero-order valence-corrected chi connectivity index (χ0v) is 25.9. The van der Waals surface area contributed by atoms with Gasteiger partial charge in [-0.05, 0) is 48.7 Å². The highest BCUT2D eigenvalue weighted by Crippen LogP contribution is 2.41. The molecule has 0 saturated carbocycles. The molecule has 11 nitrogen and oxygen atoms in total. The second-order valence-electron chi connectivity index (χ2n) is 11.2. The van der Waals surface area contributed by atoms with Crippen LogP contribution in [0.2, 0.25) is 5.02 Å². The van der Waals surface area contributed by atoms with Crippen LogP contribution in [0, 0.1) is 5.82 Å². The van der Waals surface area contributed by atoms with Crippen LogP contribution in [0.1, 0.15) is 30.9 Å². The molecule has 1 aromatic heterocycles. The van der Waals surface area contributed by atoms with Crippen LogP contribution in [0.25, 0.3) is 0 Å². The second kappa shape index (κ2) is 14.0. The smallest absolute Gasteiger partial charge is 0.247 e. The van der Waals surface area contributed by atoms with Gasteiger partial charge in [0, 0.05) is 55.8 Å². The molecule has 2 aromatic carbocycles. The van der Waals surface area contributed by atoms with Crippen molar-refractivity contribution in [2.24, 2.45) is 0 Å². The lowest BCUT2D eigenvalue weighted by molar-refractivity contribution is -0.111. The molecule has 6 rings (SSSR count). The lowest BCUT2D eigenvalue weighted by Crippen LogP contribution is -2.49. The highest BCUT2D eigenvalue weighted by atomic mass is 35.5. The zero-order chi connectivity index (χ0) is 31.3. The van der Waals surface area contributed by atoms with E-state index in [-0.39, 0.29) is 11.9 Å². The Balaban J connectivity index is 1.24. The molecule has 1 amide bonds. The van der Waals surface area contributed by atoms with E-state index < -0.39 is 5.82 Å². The van der Waals surface area contributed by atoms with E-state index in [2.05, 4.69) is 37.0 Å². The van der Waals surface area contributed by atoms with Gasteiger partial charge in [0.25, 0.3) is 0 Å². The summed E-state index contributed by atoms with van der Waals surface area (Å²) in [5, 5.41) is 8.26. The van der Waals surface area contributed by atoms with Gasteiger partial charge in [0.15, 0.2) is 5.82 Å². The van der Waals surface area contributed by atoms with Gasteiger partial charge in [-0.2, -0.15) is 0 Å². The molecular formula is C32H37ClFN7O4. The maximum atomic E-state index is 14.1. The fraction of sp³-hybridized carbons (Fsp3) is 0.406. The van der Waals surface area contributed by atoms with Gasteiger partial charge in [-0.1, -0.05) is 18.2 Å². The Labute approximate surface area is 266 Å². The van der Waals surface area contributed by atoms with Crippen molar-refractivity contribution in [3.8, 4) is 5.75 Å². The van der Waals surface area contributed by atoms with Crippen molar-refractivity contribution in [1.29, 1.82) is 0 Å². The summed E-state index contributed by atoms with van der Waals surface area (Å²) in [5.74, 6) is 0.835. The number of anilines is 5. The third-order valence-electron chi connectivity index (χ3n) is 8.44. The number of hydrogen-bond acceptors (Lipinski definition) is 10. The van der Waals surface area contributed by atoms with E-state index in [9.17, 15) is 9.18 Å². The summed E-state index contributed by atoms with van der Waals surface area (Å²) in [4.78, 5) is 32.0. The van der Waals surface area contributed by atoms with Crippen LogP contribution in [-0.4, -0.2) is 79.9 Å². The number of aromatic nitrogens is 2. The quantitative estimate of drug-likeness (QED) is 0.299. The monoisotopic (exact) mass is 637 g/mol. The number of hydrogen-bond donors (Lipinski definition) is 2. The third-order valence-corrected chi connectivity index (χ3v) is 8.66. The Morgan fingerprint density at radius 1 is 1.04 bits per heavy atom. The summed E-state index contributed by atoms with van der Waals surface area (Å²) in [6, 6.07) is 10.2. The molecule has 3 aliphatic heterocycles. The topological polar surface area (TPSA) is 104 Å². The molecule has 0 spiro atoms. The van der Waals surface area contributed by atoms with E-state index in [0.29, 0.717) is 58.4 Å². The Kier molecular flexibility index (Phi) is 9.64. The Morgan fingerprint density at radius 2 is 1.84 bits per heavy atom. The van der Waals surface area contributed by atoms with Gasteiger partial charge in [-0.25, -0.2) is 19.4 Å². The normalized spacial score (nSPS) is 19.4. The minimum Gasteiger partial charge on any atom is -0.494 e. The number of halogens is 2. The predicted octanol–water partition coefficient (Wildman–Crippen LogP) is 5.33. The summed E-state index contributed by atoms with van der Waals surface area (Å²) < 4.78 is 25.5. The van der Waals surface area contributed by atoms with Crippen LogP contribution in [0.5, 0.6) is 5.75 Å². The molecule has 0 bridgehead atoms. The Morgan fingerprint density at radius 3 is 2.58 bits per heavy atom. The van der Waals surface area contributed by atoms with Crippen LogP contribution in [0.3, 0.4) is 0 Å². The van der Waals surface area contributed by atoms with Crippen LogP contribution in [0.4, 0.5) is 33.1 Å². The van der Waals surface area contributed by atoms with E-state index >= 15 is 0 Å². The molecule has 3 aromatic rings. The highest BCUT2D eigenvalue weighted by Gasteiger charge is 2.31. The van der Waals surface area contributed by atoms with E-state index in [1.165, 1.54) is 24.5 Å². The maximum Gasteiger partial charge on any atom is 0.247 e. The van der Waals surface area contributed by atoms with E-state index in [1.54, 1.807) is 24.3 Å². The molecule has 0 radical (unpaired) electrons. The van der Waals surface area contributed by atoms with E-state index in [4.69, 9.17) is 25.9 Å². The number of nitrogens with zero attached hydrogens (tertiary/aromatic N) is 5. The van der Waals surface area contributed by atoms with Gasteiger partial charge in [-0.15, -0.1) is 0 Å². The van der Waals surface area contributed by atoms with Crippen molar-refractivity contribution in [2.75, 3.05) is 73.7 Å². The largest absolute Gasteiger partial charge is 0.494 e. The standard InChI is InChI=1S/C32H37ClFN7O4/c1-3-32(42)38-25-17-26(29(43-2)18-28(25)40-7-4-24(5-8-40)39-9-12-44-13-10-39)37-30-19-31(36-20-35-30)41-27(6-11-45-41)21-14-22(33)16-23(34)15-21/h3,14-20,24,27H,1,4-13H2,2H3,(H,38,42)(H,35,36,37). The number of ether oxygens (including phenoxy) is 2. The highest BCUT2D eigenvalue weighted by molar-refractivity contribution is 6.30.